The van der Waals surface area contributed by atoms with Crippen LogP contribution < -0.4 is 16.4 Å². The maximum atomic E-state index is 12.9. The van der Waals surface area contributed by atoms with E-state index < -0.39 is 42.0 Å². The number of rotatable bonds is 8. The highest BCUT2D eigenvalue weighted by Crippen LogP contribution is 2.20. The molecule has 0 spiro atoms. The summed E-state index contributed by atoms with van der Waals surface area (Å²) in [6.45, 7) is 7.15. The van der Waals surface area contributed by atoms with Gasteiger partial charge >= 0.3 is 5.97 Å². The average molecular weight is 370 g/mol. The Kier molecular flexibility index (Phi) is 8.01. The molecule has 1 fully saturated rings. The van der Waals surface area contributed by atoms with Crippen LogP contribution in [0.4, 0.5) is 0 Å². The lowest BCUT2D eigenvalue weighted by molar-refractivity contribution is -0.144. The average Bonchev–Trinajstić information content (AvgIpc) is 3.02. The van der Waals surface area contributed by atoms with Crippen LogP contribution in [0.2, 0.25) is 0 Å². The first-order valence-corrected chi connectivity index (χ1v) is 8.94. The summed E-state index contributed by atoms with van der Waals surface area (Å²) >= 11 is 0. The second-order valence-corrected chi connectivity index (χ2v) is 7.24. The summed E-state index contributed by atoms with van der Waals surface area (Å²) < 4.78 is 0. The van der Waals surface area contributed by atoms with Gasteiger partial charge in [-0.05, 0) is 39.0 Å². The molecule has 0 aromatic heterocycles. The van der Waals surface area contributed by atoms with Crippen molar-refractivity contribution >= 4 is 23.7 Å². The fourth-order valence-electron chi connectivity index (χ4n) is 2.87. The smallest absolute Gasteiger partial charge is 0.325 e. The van der Waals surface area contributed by atoms with E-state index in [4.69, 9.17) is 10.8 Å². The molecule has 0 aromatic rings. The van der Waals surface area contributed by atoms with E-state index in [0.29, 0.717) is 25.8 Å². The highest BCUT2D eigenvalue weighted by atomic mass is 16.4. The third-order valence-electron chi connectivity index (χ3n) is 4.30. The first-order valence-electron chi connectivity index (χ1n) is 8.94. The molecule has 3 amide bonds. The predicted octanol–water partition coefficient (Wildman–Crippen LogP) is -0.555. The minimum atomic E-state index is -1.14. The number of carbonyl (C=O) groups is 4. The molecule has 0 saturated carbocycles. The second kappa shape index (κ2) is 9.51. The van der Waals surface area contributed by atoms with E-state index in [1.54, 1.807) is 0 Å². The second-order valence-electron chi connectivity index (χ2n) is 7.24. The van der Waals surface area contributed by atoms with E-state index in [2.05, 4.69) is 10.6 Å². The molecule has 1 saturated heterocycles. The van der Waals surface area contributed by atoms with E-state index in [1.807, 2.05) is 13.8 Å². The summed E-state index contributed by atoms with van der Waals surface area (Å²) in [6.07, 6.45) is 1.52. The SMILES string of the molecule is CC(C)C[C@H](NC(=O)[C@H](C)N)C(=O)N1CCC[C@H]1C(=O)N[C@@H](C)C(=O)O. The van der Waals surface area contributed by atoms with Gasteiger partial charge in [0, 0.05) is 6.54 Å². The van der Waals surface area contributed by atoms with Gasteiger partial charge in [0.2, 0.25) is 17.7 Å². The molecule has 26 heavy (non-hydrogen) atoms. The lowest BCUT2D eigenvalue weighted by atomic mass is 10.0. The fourth-order valence-corrected chi connectivity index (χ4v) is 2.87. The zero-order valence-electron chi connectivity index (χ0n) is 15.8. The molecule has 1 heterocycles. The number of nitrogens with two attached hydrogens (primary N) is 1. The Labute approximate surface area is 153 Å². The molecule has 148 valence electrons. The molecule has 0 aromatic carbocycles. The fraction of sp³-hybridized carbons (Fsp3) is 0.765. The first kappa shape index (κ1) is 21.9. The number of likely N-dealkylation sites (tertiary alicyclic amines) is 1. The molecule has 5 N–H and O–H groups in total. The summed E-state index contributed by atoms with van der Waals surface area (Å²) in [4.78, 5) is 49.6. The largest absolute Gasteiger partial charge is 0.480 e. The Morgan fingerprint density at radius 3 is 2.27 bits per heavy atom. The molecular weight excluding hydrogens is 340 g/mol. The van der Waals surface area contributed by atoms with Gasteiger partial charge in [-0.15, -0.1) is 0 Å². The molecule has 0 bridgehead atoms. The van der Waals surface area contributed by atoms with Gasteiger partial charge in [-0.2, -0.15) is 0 Å². The van der Waals surface area contributed by atoms with Crippen LogP contribution in [-0.4, -0.2) is 64.4 Å². The quantitative estimate of drug-likeness (QED) is 0.451. The third kappa shape index (κ3) is 5.98. The molecule has 9 nitrogen and oxygen atoms in total. The zero-order valence-corrected chi connectivity index (χ0v) is 15.8. The van der Waals surface area contributed by atoms with E-state index in [0.717, 1.165) is 0 Å². The molecule has 9 heteroatoms. The van der Waals surface area contributed by atoms with E-state index in [9.17, 15) is 19.2 Å². The van der Waals surface area contributed by atoms with Crippen molar-refractivity contribution in [2.75, 3.05) is 6.54 Å². The van der Waals surface area contributed by atoms with Gasteiger partial charge in [-0.3, -0.25) is 19.2 Å². The topological polar surface area (TPSA) is 142 Å². The first-order chi connectivity index (χ1) is 12.0. The van der Waals surface area contributed by atoms with Gasteiger partial charge in [-0.25, -0.2) is 0 Å². The molecule has 1 aliphatic rings. The van der Waals surface area contributed by atoms with Crippen molar-refractivity contribution < 1.29 is 24.3 Å². The van der Waals surface area contributed by atoms with Gasteiger partial charge in [0.15, 0.2) is 0 Å². The number of hydrogen-bond acceptors (Lipinski definition) is 5. The summed E-state index contributed by atoms with van der Waals surface area (Å²) in [6, 6.07) is -3.28. The van der Waals surface area contributed by atoms with Gasteiger partial charge < -0.3 is 26.4 Å². The number of carboxylic acids is 1. The number of nitrogens with one attached hydrogen (secondary N) is 2. The van der Waals surface area contributed by atoms with E-state index in [1.165, 1.54) is 18.7 Å². The number of carboxylic acid groups (broad SMARTS) is 1. The van der Waals surface area contributed by atoms with E-state index >= 15 is 0 Å². The minimum Gasteiger partial charge on any atom is -0.480 e. The van der Waals surface area contributed by atoms with Gasteiger partial charge in [0.05, 0.1) is 6.04 Å². The van der Waals surface area contributed by atoms with Crippen LogP contribution in [0, 0.1) is 5.92 Å². The zero-order chi connectivity index (χ0) is 20.0. The Bertz CT molecular complexity index is 549. The van der Waals surface area contributed by atoms with Crippen LogP contribution in [-0.2, 0) is 19.2 Å². The number of hydrogen-bond donors (Lipinski definition) is 4. The lowest BCUT2D eigenvalue weighted by Crippen LogP contribution is -2.56. The molecule has 1 rings (SSSR count). The van der Waals surface area contributed by atoms with Crippen molar-refractivity contribution in [3.8, 4) is 0 Å². The highest BCUT2D eigenvalue weighted by Gasteiger charge is 2.38. The van der Waals surface area contributed by atoms with E-state index in [-0.39, 0.29) is 11.8 Å². The molecule has 0 aliphatic carbocycles. The lowest BCUT2D eigenvalue weighted by Gasteiger charge is -2.30. The Balaban J connectivity index is 2.88. The minimum absolute atomic E-state index is 0.152. The van der Waals surface area contributed by atoms with Crippen LogP contribution in [0.5, 0.6) is 0 Å². The van der Waals surface area contributed by atoms with Crippen molar-refractivity contribution in [3.05, 3.63) is 0 Å². The molecular formula is C17H30N4O5. The van der Waals surface area contributed by atoms with Gasteiger partial charge in [-0.1, -0.05) is 13.8 Å². The normalized spacial score (nSPS) is 20.4. The van der Waals surface area contributed by atoms with Crippen LogP contribution in [0.3, 0.4) is 0 Å². The maximum absolute atomic E-state index is 12.9. The van der Waals surface area contributed by atoms with Gasteiger partial charge in [0.1, 0.15) is 18.1 Å². The molecule has 4 atom stereocenters. The number of carbonyl (C=O) groups excluding carboxylic acids is 3. The van der Waals surface area contributed by atoms with Crippen LogP contribution in [0.1, 0.15) is 47.0 Å². The maximum Gasteiger partial charge on any atom is 0.325 e. The van der Waals surface area contributed by atoms with Crippen molar-refractivity contribution in [3.63, 3.8) is 0 Å². The number of aliphatic carboxylic acids is 1. The Hall–Kier alpha value is -2.16. The molecule has 1 aliphatic heterocycles. The van der Waals surface area contributed by atoms with Crippen molar-refractivity contribution in [2.45, 2.75) is 71.1 Å². The monoisotopic (exact) mass is 370 g/mol. The predicted molar refractivity (Wildman–Crippen MR) is 95.0 cm³/mol. The summed E-state index contributed by atoms with van der Waals surface area (Å²) in [5.41, 5.74) is 5.57. The van der Waals surface area contributed by atoms with Crippen molar-refractivity contribution in [1.82, 2.24) is 15.5 Å². The number of amides is 3. The molecule has 0 unspecified atom stereocenters. The van der Waals surface area contributed by atoms with Crippen molar-refractivity contribution in [2.24, 2.45) is 11.7 Å². The van der Waals surface area contributed by atoms with Crippen LogP contribution >= 0.6 is 0 Å². The number of nitrogens with zero attached hydrogens (tertiary/aromatic N) is 1. The Morgan fingerprint density at radius 1 is 1.15 bits per heavy atom. The summed E-state index contributed by atoms with van der Waals surface area (Å²) in [5, 5.41) is 14.0. The summed E-state index contributed by atoms with van der Waals surface area (Å²) in [7, 11) is 0. The third-order valence-corrected chi connectivity index (χ3v) is 4.30. The highest BCUT2D eigenvalue weighted by molar-refractivity contribution is 5.94. The summed E-state index contributed by atoms with van der Waals surface area (Å²) in [5.74, 6) is -2.25. The van der Waals surface area contributed by atoms with Crippen LogP contribution in [0.25, 0.3) is 0 Å². The Morgan fingerprint density at radius 2 is 1.77 bits per heavy atom. The standard InChI is InChI=1S/C17H30N4O5/c1-9(2)8-12(20-14(22)10(3)18)16(24)21-7-5-6-13(21)15(23)19-11(4)17(25)26/h9-13H,5-8,18H2,1-4H3,(H,19,23)(H,20,22)(H,25,26)/t10-,11-,12-,13-/m0/s1. The van der Waals surface area contributed by atoms with Crippen LogP contribution in [0.15, 0.2) is 0 Å². The van der Waals surface area contributed by atoms with Gasteiger partial charge in [0.25, 0.3) is 0 Å². The molecule has 0 radical (unpaired) electrons. The van der Waals surface area contributed by atoms with Crippen molar-refractivity contribution in [1.29, 1.82) is 0 Å².